The van der Waals surface area contributed by atoms with Crippen molar-refractivity contribution in [2.75, 3.05) is 32.5 Å². The van der Waals surface area contributed by atoms with Gasteiger partial charge in [0.25, 0.3) is 5.56 Å². The summed E-state index contributed by atoms with van der Waals surface area (Å²) in [7, 11) is 3.77. The van der Waals surface area contributed by atoms with Crippen LogP contribution < -0.4 is 10.9 Å². The van der Waals surface area contributed by atoms with Crippen LogP contribution in [-0.4, -0.2) is 52.6 Å². The number of halogens is 1. The number of rotatable bonds is 7. The van der Waals surface area contributed by atoms with Gasteiger partial charge in [0.1, 0.15) is 5.69 Å². The van der Waals surface area contributed by atoms with Gasteiger partial charge in [-0.1, -0.05) is 11.6 Å². The molecule has 0 bridgehead atoms. The van der Waals surface area contributed by atoms with E-state index in [1.807, 2.05) is 19.0 Å². The van der Waals surface area contributed by atoms with Gasteiger partial charge in [0, 0.05) is 19.6 Å². The quantitative estimate of drug-likeness (QED) is 0.786. The topological polar surface area (TPSA) is 70.4 Å². The molecule has 1 aliphatic carbocycles. The lowest BCUT2D eigenvalue weighted by Gasteiger charge is -2.27. The zero-order valence-corrected chi connectivity index (χ0v) is 13.5. The molecule has 1 atom stereocenters. The maximum atomic E-state index is 12.4. The molecule has 1 unspecified atom stereocenters. The standard InChI is InChI=1S/C14H23ClN4O2/c1-14(21,9-18(2)3)8-16-12-11(15)6-17-19(13(12)20)7-10-4-5-10/h6,10,16,21H,4-5,7-9H2,1-3H3. The fraction of sp³-hybridized carbons (Fsp3) is 0.714. The third-order valence-electron chi connectivity index (χ3n) is 3.43. The number of nitrogens with one attached hydrogen (secondary N) is 1. The summed E-state index contributed by atoms with van der Waals surface area (Å²) in [6, 6.07) is 0. The van der Waals surface area contributed by atoms with E-state index in [9.17, 15) is 9.90 Å². The Kier molecular flexibility index (Phi) is 4.91. The van der Waals surface area contributed by atoms with Crippen molar-refractivity contribution in [2.24, 2.45) is 5.92 Å². The Morgan fingerprint density at radius 1 is 1.57 bits per heavy atom. The molecule has 0 aliphatic heterocycles. The minimum atomic E-state index is -0.955. The van der Waals surface area contributed by atoms with E-state index < -0.39 is 5.60 Å². The zero-order chi connectivity index (χ0) is 15.6. The van der Waals surface area contributed by atoms with E-state index >= 15 is 0 Å². The van der Waals surface area contributed by atoms with E-state index in [0.29, 0.717) is 24.7 Å². The van der Waals surface area contributed by atoms with Gasteiger partial charge in [-0.05, 0) is 39.8 Å². The largest absolute Gasteiger partial charge is 0.387 e. The van der Waals surface area contributed by atoms with E-state index in [0.717, 1.165) is 12.8 Å². The molecular formula is C14H23ClN4O2. The Morgan fingerprint density at radius 2 is 2.24 bits per heavy atom. The highest BCUT2D eigenvalue weighted by Crippen LogP contribution is 2.30. The van der Waals surface area contributed by atoms with Crippen LogP contribution in [0.15, 0.2) is 11.0 Å². The lowest BCUT2D eigenvalue weighted by atomic mass is 10.1. The summed E-state index contributed by atoms with van der Waals surface area (Å²) in [6.45, 7) is 3.09. The minimum absolute atomic E-state index is 0.227. The highest BCUT2D eigenvalue weighted by atomic mass is 35.5. The van der Waals surface area contributed by atoms with Gasteiger partial charge >= 0.3 is 0 Å². The van der Waals surface area contributed by atoms with Crippen molar-refractivity contribution in [3.63, 3.8) is 0 Å². The molecule has 1 saturated carbocycles. The molecule has 0 spiro atoms. The smallest absolute Gasteiger partial charge is 0.291 e. The second kappa shape index (κ2) is 6.34. The third kappa shape index (κ3) is 4.69. The first-order valence-electron chi connectivity index (χ1n) is 7.15. The zero-order valence-electron chi connectivity index (χ0n) is 12.8. The van der Waals surface area contributed by atoms with E-state index in [2.05, 4.69) is 10.4 Å². The average Bonchev–Trinajstić information content (AvgIpc) is 3.15. The molecule has 1 fully saturated rings. The Labute approximate surface area is 129 Å². The van der Waals surface area contributed by atoms with Crippen LogP contribution in [0.3, 0.4) is 0 Å². The van der Waals surface area contributed by atoms with Crippen molar-refractivity contribution in [1.82, 2.24) is 14.7 Å². The molecule has 0 amide bonds. The average molecular weight is 315 g/mol. The van der Waals surface area contributed by atoms with Gasteiger partial charge in [-0.3, -0.25) is 4.79 Å². The molecule has 2 rings (SSSR count). The molecule has 1 heterocycles. The number of aliphatic hydroxyl groups is 1. The Morgan fingerprint density at radius 3 is 2.81 bits per heavy atom. The predicted octanol–water partition coefficient (Wildman–Crippen LogP) is 1.03. The van der Waals surface area contributed by atoms with Crippen LogP contribution in [-0.2, 0) is 6.54 Å². The van der Waals surface area contributed by atoms with Crippen molar-refractivity contribution in [3.05, 3.63) is 21.6 Å². The van der Waals surface area contributed by atoms with Gasteiger partial charge in [-0.15, -0.1) is 0 Å². The Balaban J connectivity index is 2.09. The highest BCUT2D eigenvalue weighted by molar-refractivity contribution is 6.32. The van der Waals surface area contributed by atoms with Crippen LogP contribution in [0, 0.1) is 5.92 Å². The number of hydrogen-bond acceptors (Lipinski definition) is 5. The lowest BCUT2D eigenvalue weighted by Crippen LogP contribution is -2.43. The predicted molar refractivity (Wildman–Crippen MR) is 83.9 cm³/mol. The van der Waals surface area contributed by atoms with Crippen LogP contribution >= 0.6 is 11.6 Å². The summed E-state index contributed by atoms with van der Waals surface area (Å²) in [5.74, 6) is 0.557. The molecule has 7 heteroatoms. The number of hydrogen-bond donors (Lipinski definition) is 2. The summed E-state index contributed by atoms with van der Waals surface area (Å²) >= 11 is 6.06. The van der Waals surface area contributed by atoms with Crippen LogP contribution in [0.2, 0.25) is 5.02 Å². The number of nitrogens with zero attached hydrogens (tertiary/aromatic N) is 3. The molecule has 6 nitrogen and oxygen atoms in total. The van der Waals surface area contributed by atoms with Gasteiger partial charge in [0.15, 0.2) is 0 Å². The van der Waals surface area contributed by atoms with Gasteiger partial charge in [0.2, 0.25) is 0 Å². The Hall–Kier alpha value is -1.11. The summed E-state index contributed by atoms with van der Waals surface area (Å²) in [4.78, 5) is 14.2. The fourth-order valence-corrected chi connectivity index (χ4v) is 2.51. The van der Waals surface area contributed by atoms with E-state index in [1.54, 1.807) is 6.92 Å². The van der Waals surface area contributed by atoms with Gasteiger partial charge in [0.05, 0.1) is 16.8 Å². The number of likely N-dealkylation sites (N-methyl/N-ethyl adjacent to an activating group) is 1. The van der Waals surface area contributed by atoms with Crippen LogP contribution in [0.5, 0.6) is 0 Å². The van der Waals surface area contributed by atoms with E-state index in [1.165, 1.54) is 10.9 Å². The van der Waals surface area contributed by atoms with Crippen molar-refractivity contribution in [2.45, 2.75) is 31.9 Å². The van der Waals surface area contributed by atoms with Gasteiger partial charge < -0.3 is 15.3 Å². The molecular weight excluding hydrogens is 292 g/mol. The number of anilines is 1. The molecule has 21 heavy (non-hydrogen) atoms. The van der Waals surface area contributed by atoms with Crippen molar-refractivity contribution in [3.8, 4) is 0 Å². The van der Waals surface area contributed by atoms with Crippen LogP contribution in [0.4, 0.5) is 5.69 Å². The first-order valence-corrected chi connectivity index (χ1v) is 7.53. The maximum absolute atomic E-state index is 12.4. The van der Waals surface area contributed by atoms with Crippen LogP contribution in [0.25, 0.3) is 0 Å². The minimum Gasteiger partial charge on any atom is -0.387 e. The second-order valence-electron chi connectivity index (χ2n) is 6.39. The summed E-state index contributed by atoms with van der Waals surface area (Å²) in [6.07, 6.45) is 3.78. The van der Waals surface area contributed by atoms with Gasteiger partial charge in [-0.2, -0.15) is 5.10 Å². The highest BCUT2D eigenvalue weighted by Gasteiger charge is 2.25. The first-order chi connectivity index (χ1) is 9.78. The first kappa shape index (κ1) is 16.3. The molecule has 0 saturated heterocycles. The molecule has 1 aromatic rings. The van der Waals surface area contributed by atoms with E-state index in [4.69, 9.17) is 11.6 Å². The van der Waals surface area contributed by atoms with E-state index in [-0.39, 0.29) is 17.1 Å². The summed E-state index contributed by atoms with van der Waals surface area (Å²) in [5.41, 5.74) is -0.870. The second-order valence-corrected chi connectivity index (χ2v) is 6.79. The van der Waals surface area contributed by atoms with Gasteiger partial charge in [-0.25, -0.2) is 4.68 Å². The molecule has 1 aromatic heterocycles. The lowest BCUT2D eigenvalue weighted by molar-refractivity contribution is 0.0459. The SMILES string of the molecule is CN(C)CC(C)(O)CNc1c(Cl)cnn(CC2CC2)c1=O. The molecule has 0 radical (unpaired) electrons. The molecule has 118 valence electrons. The summed E-state index contributed by atoms with van der Waals surface area (Å²) in [5, 5.41) is 17.6. The van der Waals surface area contributed by atoms with Crippen LogP contribution in [0.1, 0.15) is 19.8 Å². The molecule has 1 aliphatic rings. The van der Waals surface area contributed by atoms with Crippen molar-refractivity contribution >= 4 is 17.3 Å². The van der Waals surface area contributed by atoms with Crippen molar-refractivity contribution < 1.29 is 5.11 Å². The third-order valence-corrected chi connectivity index (χ3v) is 3.72. The van der Waals surface area contributed by atoms with Crippen molar-refractivity contribution in [1.29, 1.82) is 0 Å². The number of aromatic nitrogens is 2. The Bertz CT molecular complexity index is 552. The fourth-order valence-electron chi connectivity index (χ4n) is 2.32. The monoisotopic (exact) mass is 314 g/mol. The molecule has 2 N–H and O–H groups in total. The maximum Gasteiger partial charge on any atom is 0.291 e. The summed E-state index contributed by atoms with van der Waals surface area (Å²) < 4.78 is 1.45. The molecule has 0 aromatic carbocycles. The normalized spacial score (nSPS) is 17.8.